The minimum Gasteiger partial charge on any atom is -0.270 e. The lowest BCUT2D eigenvalue weighted by Crippen LogP contribution is -2.12. The summed E-state index contributed by atoms with van der Waals surface area (Å²) in [5, 5.41) is 4.67. The molecule has 0 saturated heterocycles. The first-order valence-corrected chi connectivity index (χ1v) is 7.14. The van der Waals surface area contributed by atoms with Crippen LogP contribution in [-0.4, -0.2) is 14.2 Å². The number of hydrogen-bond acceptors (Lipinski definition) is 1. The zero-order valence-electron chi connectivity index (χ0n) is 10.2. The Morgan fingerprint density at radius 2 is 2.07 bits per heavy atom. The Morgan fingerprint density at radius 3 is 2.53 bits per heavy atom. The second-order valence-electron chi connectivity index (χ2n) is 4.88. The van der Waals surface area contributed by atoms with Crippen LogP contribution < -0.4 is 0 Å². The average Bonchev–Trinajstić information content (AvgIpc) is 2.57. The van der Waals surface area contributed by atoms with Crippen molar-refractivity contribution in [1.29, 1.82) is 0 Å². The van der Waals surface area contributed by atoms with Crippen molar-refractivity contribution in [3.63, 3.8) is 0 Å². The van der Waals surface area contributed by atoms with Crippen molar-refractivity contribution in [2.45, 2.75) is 52.5 Å². The van der Waals surface area contributed by atoms with E-state index >= 15 is 0 Å². The van der Waals surface area contributed by atoms with E-state index in [0.717, 1.165) is 13.0 Å². The molecule has 0 N–H and O–H groups in total. The van der Waals surface area contributed by atoms with Gasteiger partial charge in [0, 0.05) is 17.7 Å². The number of halogens is 1. The van der Waals surface area contributed by atoms with Gasteiger partial charge in [0.2, 0.25) is 0 Å². The van der Waals surface area contributed by atoms with Crippen LogP contribution in [0.1, 0.15) is 45.5 Å². The SMILES string of the molecule is CCn1nc(C(C)(C)C)cc1CCCI. The van der Waals surface area contributed by atoms with Gasteiger partial charge in [0.1, 0.15) is 0 Å². The normalized spacial score (nSPS) is 12.1. The second kappa shape index (κ2) is 5.32. The molecule has 0 aliphatic rings. The van der Waals surface area contributed by atoms with Gasteiger partial charge in [0.05, 0.1) is 5.69 Å². The fraction of sp³-hybridized carbons (Fsp3) is 0.750. The predicted octanol–water partition coefficient (Wildman–Crippen LogP) is 3.57. The Balaban J connectivity index is 2.90. The Morgan fingerprint density at radius 1 is 1.40 bits per heavy atom. The number of alkyl halides is 1. The van der Waals surface area contributed by atoms with Crippen LogP contribution in [0.5, 0.6) is 0 Å². The van der Waals surface area contributed by atoms with Gasteiger partial charge in [-0.1, -0.05) is 43.4 Å². The Kier molecular flexibility index (Phi) is 4.62. The number of rotatable bonds is 4. The average molecular weight is 320 g/mol. The quantitative estimate of drug-likeness (QED) is 0.613. The van der Waals surface area contributed by atoms with Crippen LogP contribution in [0.15, 0.2) is 6.07 Å². The minimum absolute atomic E-state index is 0.166. The fourth-order valence-corrected chi connectivity index (χ4v) is 1.93. The first-order valence-electron chi connectivity index (χ1n) is 5.62. The zero-order valence-corrected chi connectivity index (χ0v) is 12.3. The topological polar surface area (TPSA) is 17.8 Å². The third kappa shape index (κ3) is 3.47. The van der Waals surface area contributed by atoms with Crippen LogP contribution in [0.25, 0.3) is 0 Å². The lowest BCUT2D eigenvalue weighted by Gasteiger charge is -2.14. The second-order valence-corrected chi connectivity index (χ2v) is 5.96. The van der Waals surface area contributed by atoms with Crippen LogP contribution >= 0.6 is 22.6 Å². The van der Waals surface area contributed by atoms with E-state index in [0.29, 0.717) is 0 Å². The van der Waals surface area contributed by atoms with Crippen molar-refractivity contribution in [2.75, 3.05) is 4.43 Å². The van der Waals surface area contributed by atoms with Gasteiger partial charge in [-0.2, -0.15) is 5.10 Å². The molecular formula is C12H21IN2. The summed E-state index contributed by atoms with van der Waals surface area (Å²) in [6, 6.07) is 2.27. The first kappa shape index (κ1) is 13.0. The van der Waals surface area contributed by atoms with Gasteiger partial charge in [0.25, 0.3) is 0 Å². The van der Waals surface area contributed by atoms with E-state index in [1.54, 1.807) is 0 Å². The largest absolute Gasteiger partial charge is 0.270 e. The molecule has 2 nitrogen and oxygen atoms in total. The molecule has 0 unspecified atom stereocenters. The molecule has 0 amide bonds. The van der Waals surface area contributed by atoms with Crippen LogP contribution in [-0.2, 0) is 18.4 Å². The minimum atomic E-state index is 0.166. The van der Waals surface area contributed by atoms with Gasteiger partial charge in [-0.15, -0.1) is 0 Å². The summed E-state index contributed by atoms with van der Waals surface area (Å²) in [7, 11) is 0. The van der Waals surface area contributed by atoms with Crippen molar-refractivity contribution < 1.29 is 0 Å². The third-order valence-electron chi connectivity index (χ3n) is 2.50. The highest BCUT2D eigenvalue weighted by molar-refractivity contribution is 14.1. The van der Waals surface area contributed by atoms with Crippen molar-refractivity contribution >= 4 is 22.6 Å². The van der Waals surface area contributed by atoms with Gasteiger partial charge in [-0.25, -0.2) is 0 Å². The molecule has 1 rings (SSSR count). The van der Waals surface area contributed by atoms with E-state index in [1.807, 2.05) is 0 Å². The molecule has 3 heteroatoms. The molecule has 0 aromatic carbocycles. The summed E-state index contributed by atoms with van der Waals surface area (Å²) in [4.78, 5) is 0. The molecule has 15 heavy (non-hydrogen) atoms. The molecule has 1 aromatic heterocycles. The maximum Gasteiger partial charge on any atom is 0.0680 e. The van der Waals surface area contributed by atoms with Crippen LogP contribution in [0.2, 0.25) is 0 Å². The summed E-state index contributed by atoms with van der Waals surface area (Å²) >= 11 is 2.43. The summed E-state index contributed by atoms with van der Waals surface area (Å²) in [6.45, 7) is 9.80. The van der Waals surface area contributed by atoms with Gasteiger partial charge in [-0.3, -0.25) is 4.68 Å². The highest BCUT2D eigenvalue weighted by Crippen LogP contribution is 2.22. The number of aromatic nitrogens is 2. The number of hydrogen-bond donors (Lipinski definition) is 0. The molecule has 0 aliphatic carbocycles. The first-order chi connectivity index (χ1) is 6.99. The molecule has 0 saturated carbocycles. The maximum absolute atomic E-state index is 4.67. The van der Waals surface area contributed by atoms with Crippen LogP contribution in [0.3, 0.4) is 0 Å². The molecule has 86 valence electrons. The smallest absolute Gasteiger partial charge is 0.0680 e. The van der Waals surface area contributed by atoms with Crippen molar-refractivity contribution in [1.82, 2.24) is 9.78 Å². The molecule has 0 fully saturated rings. The highest BCUT2D eigenvalue weighted by atomic mass is 127. The Labute approximate surface area is 107 Å². The number of nitrogens with zero attached hydrogens (tertiary/aromatic N) is 2. The van der Waals surface area contributed by atoms with Gasteiger partial charge in [-0.05, 0) is 30.3 Å². The van der Waals surface area contributed by atoms with E-state index in [9.17, 15) is 0 Å². The van der Waals surface area contributed by atoms with E-state index in [2.05, 4.69) is 66.1 Å². The summed E-state index contributed by atoms with van der Waals surface area (Å²) in [6.07, 6.45) is 2.40. The third-order valence-corrected chi connectivity index (χ3v) is 3.26. The lowest BCUT2D eigenvalue weighted by molar-refractivity contribution is 0.535. The number of aryl methyl sites for hydroxylation is 2. The van der Waals surface area contributed by atoms with Crippen molar-refractivity contribution in [2.24, 2.45) is 0 Å². The van der Waals surface area contributed by atoms with E-state index in [-0.39, 0.29) is 5.41 Å². The van der Waals surface area contributed by atoms with E-state index < -0.39 is 0 Å². The van der Waals surface area contributed by atoms with Crippen molar-refractivity contribution in [3.05, 3.63) is 17.5 Å². The summed E-state index contributed by atoms with van der Waals surface area (Å²) < 4.78 is 3.37. The van der Waals surface area contributed by atoms with Gasteiger partial charge in [0.15, 0.2) is 0 Å². The molecule has 0 spiro atoms. The van der Waals surface area contributed by atoms with Gasteiger partial charge >= 0.3 is 0 Å². The van der Waals surface area contributed by atoms with E-state index in [4.69, 9.17) is 0 Å². The molecule has 0 atom stereocenters. The summed E-state index contributed by atoms with van der Waals surface area (Å²) in [5.41, 5.74) is 2.77. The molecular weight excluding hydrogens is 299 g/mol. The van der Waals surface area contributed by atoms with E-state index in [1.165, 1.54) is 22.2 Å². The Bertz CT molecular complexity index is 310. The van der Waals surface area contributed by atoms with Crippen molar-refractivity contribution in [3.8, 4) is 0 Å². The van der Waals surface area contributed by atoms with Gasteiger partial charge < -0.3 is 0 Å². The van der Waals surface area contributed by atoms with Crippen LogP contribution in [0, 0.1) is 0 Å². The standard InChI is InChI=1S/C12H21IN2/c1-5-15-10(7-6-8-13)9-11(14-15)12(2,3)4/h9H,5-8H2,1-4H3. The Hall–Kier alpha value is -0.0600. The molecule has 0 bridgehead atoms. The predicted molar refractivity (Wildman–Crippen MR) is 73.8 cm³/mol. The zero-order chi connectivity index (χ0) is 11.5. The highest BCUT2D eigenvalue weighted by Gasteiger charge is 2.18. The molecule has 1 aromatic rings. The lowest BCUT2D eigenvalue weighted by atomic mass is 9.92. The molecule has 0 radical (unpaired) electrons. The molecule has 0 aliphatic heterocycles. The van der Waals surface area contributed by atoms with Crippen LogP contribution in [0.4, 0.5) is 0 Å². The summed E-state index contributed by atoms with van der Waals surface area (Å²) in [5.74, 6) is 0. The monoisotopic (exact) mass is 320 g/mol. The molecule has 1 heterocycles. The fourth-order valence-electron chi connectivity index (χ4n) is 1.54. The maximum atomic E-state index is 4.67.